The third-order valence-electron chi connectivity index (χ3n) is 7.78. The number of aromatic carboxylic acids is 6. The van der Waals surface area contributed by atoms with Gasteiger partial charge in [-0.05, 0) is 51.6 Å². The van der Waals surface area contributed by atoms with Crippen LogP contribution in [0.2, 0.25) is 0 Å². The Hall–Kier alpha value is -4.99. The van der Waals surface area contributed by atoms with Crippen LogP contribution in [-0.2, 0) is 0 Å². The van der Waals surface area contributed by atoms with Gasteiger partial charge in [-0.2, -0.15) is 0 Å². The molecule has 0 heterocycles. The summed E-state index contributed by atoms with van der Waals surface area (Å²) < 4.78 is 0. The van der Waals surface area contributed by atoms with Crippen LogP contribution in [-0.4, -0.2) is 66.5 Å². The van der Waals surface area contributed by atoms with E-state index in [0.29, 0.717) is 33.4 Å². The minimum atomic E-state index is -1.25. The van der Waals surface area contributed by atoms with Gasteiger partial charge in [0.25, 0.3) is 0 Å². The first-order chi connectivity index (χ1) is 25.8. The van der Waals surface area contributed by atoms with Gasteiger partial charge in [0.15, 0.2) is 0 Å². The SMILES string of the molecule is O=C(O)c1cccc(-c2ccccc2)c1C(=O)O.O=C(O)c1cccc(-c2ccccc2)c1C(=O)O.O=C(O)c1cccc(-c2ccccc2)c1C(=O)O.[Eu].[Tb]. The summed E-state index contributed by atoms with van der Waals surface area (Å²) in [6.07, 6.45) is 0. The number of carbonyl (C=O) groups is 6. The molecule has 286 valence electrons. The third-order valence-corrected chi connectivity index (χ3v) is 7.78. The third kappa shape index (κ3) is 12.0. The molecule has 6 rings (SSSR count). The van der Waals surface area contributed by atoms with E-state index in [2.05, 4.69) is 0 Å². The Balaban J connectivity index is 0.000000285. The van der Waals surface area contributed by atoms with Gasteiger partial charge in [-0.1, -0.05) is 127 Å². The van der Waals surface area contributed by atoms with Crippen molar-refractivity contribution in [1.29, 1.82) is 0 Å². The number of hydrogen-bond acceptors (Lipinski definition) is 6. The second-order valence-electron chi connectivity index (χ2n) is 11.1. The summed E-state index contributed by atoms with van der Waals surface area (Å²) in [7, 11) is 0. The summed E-state index contributed by atoms with van der Waals surface area (Å²) in [5.74, 6) is -7.47. The minimum absolute atomic E-state index is 0. The van der Waals surface area contributed by atoms with Gasteiger partial charge in [0.1, 0.15) is 0 Å². The van der Waals surface area contributed by atoms with E-state index < -0.39 is 35.8 Å². The van der Waals surface area contributed by atoms with Crippen molar-refractivity contribution in [3.63, 3.8) is 0 Å². The Morgan fingerprint density at radius 1 is 0.286 bits per heavy atom. The van der Waals surface area contributed by atoms with Crippen molar-refractivity contribution < 1.29 is 147 Å². The van der Waals surface area contributed by atoms with Crippen LogP contribution in [0.4, 0.5) is 0 Å². The molecule has 0 saturated carbocycles. The number of carboxylic acids is 6. The summed E-state index contributed by atoms with van der Waals surface area (Å²) in [6.45, 7) is 0. The second kappa shape index (κ2) is 22.5. The molecule has 14 heteroatoms. The molecular formula is C42H30EuO12Tb. The zero-order valence-corrected chi connectivity index (χ0v) is 33.3. The molecule has 0 amide bonds. The monoisotopic (exact) mass is 1040 g/mol. The van der Waals surface area contributed by atoms with Gasteiger partial charge in [-0.25, -0.2) is 28.8 Å². The summed E-state index contributed by atoms with van der Waals surface area (Å²) >= 11 is 0. The molecule has 6 aromatic rings. The van der Waals surface area contributed by atoms with Gasteiger partial charge in [-0.3, -0.25) is 0 Å². The molecule has 0 aromatic heterocycles. The molecule has 0 fully saturated rings. The molecule has 0 aliphatic carbocycles. The average molecular weight is 1040 g/mol. The van der Waals surface area contributed by atoms with Crippen molar-refractivity contribution in [3.05, 3.63) is 179 Å². The Labute approximate surface area is 391 Å². The van der Waals surface area contributed by atoms with Gasteiger partial charge in [-0.15, -0.1) is 0 Å². The summed E-state index contributed by atoms with van der Waals surface area (Å²) in [5, 5.41) is 54.6. The van der Waals surface area contributed by atoms with Crippen molar-refractivity contribution >= 4 is 35.8 Å². The van der Waals surface area contributed by atoms with E-state index in [-0.39, 0.29) is 121 Å². The predicted molar refractivity (Wildman–Crippen MR) is 197 cm³/mol. The topological polar surface area (TPSA) is 224 Å². The Bertz CT molecular complexity index is 2090. The van der Waals surface area contributed by atoms with Gasteiger partial charge in [0.2, 0.25) is 0 Å². The summed E-state index contributed by atoms with van der Waals surface area (Å²) in [5.41, 5.74) is 2.09. The number of hydrogen-bond donors (Lipinski definition) is 6. The van der Waals surface area contributed by atoms with E-state index in [1.165, 1.54) is 36.4 Å². The molecule has 0 aliphatic rings. The fourth-order valence-corrected chi connectivity index (χ4v) is 5.46. The minimum Gasteiger partial charge on any atom is -0.478 e. The van der Waals surface area contributed by atoms with Crippen molar-refractivity contribution in [2.45, 2.75) is 0 Å². The standard InChI is InChI=1S/3C14H10O4.Eu.Tb/c3*15-13(16)11-8-4-7-10(12(11)14(17)18)9-5-2-1-3-6-9;;/h3*1-8H,(H,15,16)(H,17,18);;. The van der Waals surface area contributed by atoms with Crippen LogP contribution >= 0.6 is 0 Å². The van der Waals surface area contributed by atoms with E-state index in [9.17, 15) is 44.1 Å². The Kier molecular flexibility index (Phi) is 19.0. The van der Waals surface area contributed by atoms with Crippen molar-refractivity contribution in [2.75, 3.05) is 0 Å². The molecule has 0 bridgehead atoms. The van der Waals surface area contributed by atoms with Gasteiger partial charge >= 0.3 is 35.8 Å². The molecule has 0 spiro atoms. The molecule has 6 N–H and O–H groups in total. The van der Waals surface area contributed by atoms with Crippen LogP contribution in [0.3, 0.4) is 0 Å². The maximum absolute atomic E-state index is 11.3. The molecule has 0 saturated heterocycles. The second-order valence-corrected chi connectivity index (χ2v) is 11.1. The van der Waals surface area contributed by atoms with E-state index in [4.69, 9.17) is 15.3 Å². The van der Waals surface area contributed by atoms with E-state index in [0.717, 1.165) is 0 Å². The number of rotatable bonds is 9. The fraction of sp³-hybridized carbons (Fsp3) is 0. The van der Waals surface area contributed by atoms with Crippen LogP contribution in [0.25, 0.3) is 33.4 Å². The van der Waals surface area contributed by atoms with E-state index >= 15 is 0 Å². The zero-order valence-electron chi connectivity index (χ0n) is 28.7. The number of benzene rings is 6. The van der Waals surface area contributed by atoms with Gasteiger partial charge < -0.3 is 30.6 Å². The van der Waals surface area contributed by atoms with Crippen LogP contribution in [0.5, 0.6) is 0 Å². The zero-order chi connectivity index (χ0) is 39.4. The molecular weight excluding hydrogens is 1010 g/mol. The van der Waals surface area contributed by atoms with Crippen molar-refractivity contribution in [3.8, 4) is 33.4 Å². The summed E-state index contributed by atoms with van der Waals surface area (Å²) in [6, 6.07) is 39.8. The average Bonchev–Trinajstić information content (AvgIpc) is 3.18. The normalized spacial score (nSPS) is 9.64. The van der Waals surface area contributed by atoms with Crippen LogP contribution < -0.4 is 0 Å². The maximum Gasteiger partial charge on any atom is 0.337 e. The largest absolute Gasteiger partial charge is 0.478 e. The molecule has 12 nitrogen and oxygen atoms in total. The van der Waals surface area contributed by atoms with Crippen LogP contribution in [0.15, 0.2) is 146 Å². The Morgan fingerprint density at radius 3 is 0.679 bits per heavy atom. The fourth-order valence-electron chi connectivity index (χ4n) is 5.46. The van der Waals surface area contributed by atoms with Crippen LogP contribution in [0.1, 0.15) is 62.1 Å². The molecule has 0 aliphatic heterocycles. The summed E-state index contributed by atoms with van der Waals surface area (Å²) in [4.78, 5) is 66.9. The smallest absolute Gasteiger partial charge is 0.337 e. The first kappa shape index (κ1) is 47.2. The molecule has 56 heavy (non-hydrogen) atoms. The van der Waals surface area contributed by atoms with E-state index in [1.54, 1.807) is 91.0 Å². The van der Waals surface area contributed by atoms with Crippen LogP contribution in [0, 0.1) is 88.0 Å². The first-order valence-corrected chi connectivity index (χ1v) is 15.8. The Morgan fingerprint density at radius 2 is 0.500 bits per heavy atom. The molecule has 6 aromatic carbocycles. The van der Waals surface area contributed by atoms with Gasteiger partial charge in [0.05, 0.1) is 33.4 Å². The first-order valence-electron chi connectivity index (χ1n) is 15.8. The molecule has 2 radical (unpaired) electrons. The molecule has 0 unspecified atom stereocenters. The molecule has 0 atom stereocenters. The number of carboxylic acid groups (broad SMARTS) is 6. The predicted octanol–water partition coefficient (Wildman–Crippen LogP) is 8.25. The van der Waals surface area contributed by atoms with E-state index in [1.807, 2.05) is 18.2 Å². The quantitative estimate of drug-likeness (QED) is 0.0806. The maximum atomic E-state index is 11.3. The van der Waals surface area contributed by atoms with Crippen molar-refractivity contribution in [2.24, 2.45) is 0 Å². The van der Waals surface area contributed by atoms with Crippen molar-refractivity contribution in [1.82, 2.24) is 0 Å². The van der Waals surface area contributed by atoms with Gasteiger partial charge in [0, 0.05) is 88.0 Å².